The number of piperidine rings is 1. The van der Waals surface area contributed by atoms with E-state index in [2.05, 4.69) is 20.2 Å². The van der Waals surface area contributed by atoms with Crippen molar-refractivity contribution in [2.45, 2.75) is 65.5 Å². The van der Waals surface area contributed by atoms with Crippen LogP contribution >= 0.6 is 0 Å². The predicted molar refractivity (Wildman–Crippen MR) is 96.7 cm³/mol. The lowest BCUT2D eigenvalue weighted by Crippen LogP contribution is -2.42. The van der Waals surface area contributed by atoms with Crippen molar-refractivity contribution in [2.24, 2.45) is 0 Å². The fourth-order valence-corrected chi connectivity index (χ4v) is 3.40. The van der Waals surface area contributed by atoms with Crippen LogP contribution in [-0.4, -0.2) is 42.1 Å². The van der Waals surface area contributed by atoms with Crippen LogP contribution < -0.4 is 5.69 Å². The zero-order chi connectivity index (χ0) is 18.8. The molecule has 0 aliphatic carbocycles. The molecule has 1 fully saturated rings. The van der Waals surface area contributed by atoms with Gasteiger partial charge >= 0.3 is 5.69 Å². The standard InChI is InChI=1S/C18H26N6O2/c1-11(2)16-20-17(22-21-16)14-7-5-6-8-23(14)15(25)10-24-13(4)9-12(3)19-18(24)26/h9,11,14H,5-8,10H2,1-4H3,(H,20,21,22)/t14-/m0/s1. The van der Waals surface area contributed by atoms with E-state index in [1.165, 1.54) is 4.57 Å². The first kappa shape index (κ1) is 18.3. The fraction of sp³-hybridized carbons (Fsp3) is 0.611. The van der Waals surface area contributed by atoms with E-state index in [1.807, 2.05) is 31.7 Å². The third kappa shape index (κ3) is 3.68. The molecule has 0 unspecified atom stereocenters. The molecule has 2 aromatic rings. The number of hydrogen-bond acceptors (Lipinski definition) is 5. The lowest BCUT2D eigenvalue weighted by atomic mass is 10.0. The SMILES string of the molecule is Cc1cc(C)n(CC(=O)N2CCCC[C@H]2c2nc(C(C)C)n[nH]2)c(=O)n1. The smallest absolute Gasteiger partial charge is 0.331 e. The van der Waals surface area contributed by atoms with Crippen molar-refractivity contribution in [3.8, 4) is 0 Å². The highest BCUT2D eigenvalue weighted by atomic mass is 16.2. The predicted octanol–water partition coefficient (Wildman–Crippen LogP) is 1.86. The minimum absolute atomic E-state index is 0.000375. The van der Waals surface area contributed by atoms with Crippen molar-refractivity contribution in [1.82, 2.24) is 29.6 Å². The topological polar surface area (TPSA) is 96.8 Å². The molecule has 1 aliphatic rings. The Morgan fingerprint density at radius 3 is 2.73 bits per heavy atom. The van der Waals surface area contributed by atoms with E-state index in [0.717, 1.165) is 36.6 Å². The number of nitrogens with zero attached hydrogens (tertiary/aromatic N) is 5. The first-order valence-electron chi connectivity index (χ1n) is 9.13. The van der Waals surface area contributed by atoms with E-state index in [1.54, 1.807) is 6.92 Å². The second kappa shape index (κ2) is 7.39. The van der Waals surface area contributed by atoms with Crippen LogP contribution in [0.3, 0.4) is 0 Å². The maximum atomic E-state index is 13.0. The summed E-state index contributed by atoms with van der Waals surface area (Å²) < 4.78 is 1.43. The molecule has 3 heterocycles. The maximum Gasteiger partial charge on any atom is 0.348 e. The molecule has 140 valence electrons. The molecule has 1 aliphatic heterocycles. The molecular formula is C18H26N6O2. The van der Waals surface area contributed by atoms with Gasteiger partial charge in [0.1, 0.15) is 12.4 Å². The molecule has 0 aromatic carbocycles. The van der Waals surface area contributed by atoms with E-state index in [0.29, 0.717) is 12.2 Å². The Morgan fingerprint density at radius 1 is 1.31 bits per heavy atom. The van der Waals surface area contributed by atoms with Gasteiger partial charge in [-0.25, -0.2) is 9.78 Å². The van der Waals surface area contributed by atoms with Crippen LogP contribution in [0, 0.1) is 13.8 Å². The van der Waals surface area contributed by atoms with Gasteiger partial charge in [-0.15, -0.1) is 0 Å². The second-order valence-electron chi connectivity index (χ2n) is 7.24. The Balaban J connectivity index is 1.83. The number of likely N-dealkylation sites (tertiary alicyclic amines) is 1. The highest BCUT2D eigenvalue weighted by Crippen LogP contribution is 2.29. The van der Waals surface area contributed by atoms with Gasteiger partial charge in [0.25, 0.3) is 0 Å². The molecule has 2 aromatic heterocycles. The quantitative estimate of drug-likeness (QED) is 0.900. The summed E-state index contributed by atoms with van der Waals surface area (Å²) in [4.78, 5) is 35.5. The molecule has 0 bridgehead atoms. The second-order valence-corrected chi connectivity index (χ2v) is 7.24. The number of aromatic amines is 1. The van der Waals surface area contributed by atoms with Gasteiger partial charge in [0, 0.05) is 23.9 Å². The Hall–Kier alpha value is -2.51. The summed E-state index contributed by atoms with van der Waals surface area (Å²) in [7, 11) is 0. The number of hydrogen-bond donors (Lipinski definition) is 1. The van der Waals surface area contributed by atoms with Crippen molar-refractivity contribution in [2.75, 3.05) is 6.54 Å². The Bertz CT molecular complexity index is 854. The average molecular weight is 358 g/mol. The van der Waals surface area contributed by atoms with Gasteiger partial charge in [0.15, 0.2) is 5.82 Å². The summed E-state index contributed by atoms with van der Waals surface area (Å²) in [6, 6.07) is 1.69. The summed E-state index contributed by atoms with van der Waals surface area (Å²) in [5.41, 5.74) is 1.02. The van der Waals surface area contributed by atoms with Crippen LogP contribution in [0.1, 0.15) is 68.1 Å². The summed E-state index contributed by atoms with van der Waals surface area (Å²) in [5.74, 6) is 1.63. The van der Waals surface area contributed by atoms with Crippen molar-refractivity contribution in [3.63, 3.8) is 0 Å². The van der Waals surface area contributed by atoms with E-state index in [4.69, 9.17) is 0 Å². The van der Waals surface area contributed by atoms with Gasteiger partial charge < -0.3 is 4.90 Å². The number of carbonyl (C=O) groups excluding carboxylic acids is 1. The number of carbonyl (C=O) groups is 1. The minimum atomic E-state index is -0.383. The number of rotatable bonds is 4. The third-order valence-corrected chi connectivity index (χ3v) is 4.81. The molecule has 1 amide bonds. The molecule has 1 saturated heterocycles. The van der Waals surface area contributed by atoms with Crippen LogP contribution in [0.5, 0.6) is 0 Å². The normalized spacial score (nSPS) is 17.7. The summed E-state index contributed by atoms with van der Waals surface area (Å²) in [5, 5.41) is 7.27. The van der Waals surface area contributed by atoms with Crippen molar-refractivity contribution >= 4 is 5.91 Å². The fourth-order valence-electron chi connectivity index (χ4n) is 3.40. The summed E-state index contributed by atoms with van der Waals surface area (Å²) >= 11 is 0. The number of amides is 1. The van der Waals surface area contributed by atoms with Crippen LogP contribution in [0.25, 0.3) is 0 Å². The van der Waals surface area contributed by atoms with Gasteiger partial charge in [-0.2, -0.15) is 10.1 Å². The van der Waals surface area contributed by atoms with Gasteiger partial charge in [-0.1, -0.05) is 13.8 Å². The molecule has 8 nitrogen and oxygen atoms in total. The number of aromatic nitrogens is 5. The van der Waals surface area contributed by atoms with Gasteiger partial charge in [-0.05, 0) is 39.2 Å². The van der Waals surface area contributed by atoms with Crippen LogP contribution in [0.15, 0.2) is 10.9 Å². The van der Waals surface area contributed by atoms with E-state index in [9.17, 15) is 9.59 Å². The maximum absolute atomic E-state index is 13.0. The molecule has 1 N–H and O–H groups in total. The van der Waals surface area contributed by atoms with Gasteiger partial charge in [-0.3, -0.25) is 14.5 Å². The number of nitrogens with one attached hydrogen (secondary N) is 1. The largest absolute Gasteiger partial charge is 0.348 e. The first-order chi connectivity index (χ1) is 12.4. The van der Waals surface area contributed by atoms with Gasteiger partial charge in [0.05, 0.1) is 6.04 Å². The molecule has 26 heavy (non-hydrogen) atoms. The zero-order valence-electron chi connectivity index (χ0n) is 15.8. The van der Waals surface area contributed by atoms with Gasteiger partial charge in [0.2, 0.25) is 5.91 Å². The number of aryl methyl sites for hydroxylation is 2. The van der Waals surface area contributed by atoms with Crippen LogP contribution in [0.4, 0.5) is 0 Å². The molecule has 0 radical (unpaired) electrons. The monoisotopic (exact) mass is 358 g/mol. The van der Waals surface area contributed by atoms with E-state index >= 15 is 0 Å². The number of H-pyrrole nitrogens is 1. The van der Waals surface area contributed by atoms with Crippen LogP contribution in [0.2, 0.25) is 0 Å². The highest BCUT2D eigenvalue weighted by molar-refractivity contribution is 5.76. The molecule has 8 heteroatoms. The van der Waals surface area contributed by atoms with Crippen molar-refractivity contribution in [1.29, 1.82) is 0 Å². The van der Waals surface area contributed by atoms with E-state index in [-0.39, 0.29) is 30.1 Å². The van der Waals surface area contributed by atoms with Crippen molar-refractivity contribution < 1.29 is 4.79 Å². The molecule has 0 saturated carbocycles. The molecular weight excluding hydrogens is 332 g/mol. The Labute approximate surface area is 152 Å². The van der Waals surface area contributed by atoms with E-state index < -0.39 is 0 Å². The lowest BCUT2D eigenvalue weighted by Gasteiger charge is -2.34. The van der Waals surface area contributed by atoms with Crippen molar-refractivity contribution in [3.05, 3.63) is 39.6 Å². The third-order valence-electron chi connectivity index (χ3n) is 4.81. The highest BCUT2D eigenvalue weighted by Gasteiger charge is 2.31. The lowest BCUT2D eigenvalue weighted by molar-refractivity contribution is -0.136. The Morgan fingerprint density at radius 2 is 2.08 bits per heavy atom. The molecule has 3 rings (SSSR count). The molecule has 1 atom stereocenters. The first-order valence-corrected chi connectivity index (χ1v) is 9.13. The summed E-state index contributed by atoms with van der Waals surface area (Å²) in [6.07, 6.45) is 2.84. The summed E-state index contributed by atoms with van der Waals surface area (Å²) in [6.45, 7) is 8.33. The molecule has 0 spiro atoms. The van der Waals surface area contributed by atoms with Crippen LogP contribution in [-0.2, 0) is 11.3 Å². The minimum Gasteiger partial charge on any atom is -0.331 e. The zero-order valence-corrected chi connectivity index (χ0v) is 15.8. The Kier molecular flexibility index (Phi) is 5.20. The average Bonchev–Trinajstić information content (AvgIpc) is 3.08.